The van der Waals surface area contributed by atoms with Gasteiger partial charge in [-0.1, -0.05) is 85.7 Å². The number of benzene rings is 5. The van der Waals surface area contributed by atoms with Gasteiger partial charge in [0.05, 0.1) is 0 Å². The van der Waals surface area contributed by atoms with Crippen molar-refractivity contribution in [1.29, 1.82) is 0 Å². The Labute approximate surface area is 316 Å². The predicted octanol–water partition coefficient (Wildman–Crippen LogP) is 10.5. The van der Waals surface area contributed by atoms with Gasteiger partial charge < -0.3 is 19.3 Å². The fourth-order valence-electron chi connectivity index (χ4n) is 10.4. The number of rotatable bonds is 2. The summed E-state index contributed by atoms with van der Waals surface area (Å²) in [5.41, 5.74) is 18.9. The second kappa shape index (κ2) is 10.7. The number of hydrogen-bond donors (Lipinski definition) is 0. The van der Waals surface area contributed by atoms with Gasteiger partial charge in [-0.3, -0.25) is 0 Å². The summed E-state index contributed by atoms with van der Waals surface area (Å²) in [6.45, 7) is 22.1. The maximum atomic E-state index is 6.12. The first-order valence-electron chi connectivity index (χ1n) is 19.7. The van der Waals surface area contributed by atoms with Crippen LogP contribution in [0.5, 0.6) is 11.5 Å². The zero-order valence-corrected chi connectivity index (χ0v) is 32.9. The van der Waals surface area contributed by atoms with Crippen molar-refractivity contribution in [2.24, 2.45) is 0 Å². The van der Waals surface area contributed by atoms with Crippen molar-refractivity contribution < 1.29 is 9.47 Å². The molecular formula is C48H51BN2O2. The lowest BCUT2D eigenvalue weighted by atomic mass is 9.33. The summed E-state index contributed by atoms with van der Waals surface area (Å²) in [5, 5.41) is 0. The molecule has 5 aromatic carbocycles. The number of aryl methyl sites for hydroxylation is 1. The van der Waals surface area contributed by atoms with Gasteiger partial charge in [-0.15, -0.1) is 0 Å². The van der Waals surface area contributed by atoms with E-state index in [-0.39, 0.29) is 35.2 Å². The number of ether oxygens (including phenoxy) is 2. The highest BCUT2D eigenvalue weighted by atomic mass is 16.7. The smallest absolute Gasteiger partial charge is 0.252 e. The largest absolute Gasteiger partial charge is 0.454 e. The third kappa shape index (κ3) is 4.68. The van der Waals surface area contributed by atoms with Gasteiger partial charge in [-0.05, 0) is 147 Å². The van der Waals surface area contributed by atoms with Gasteiger partial charge in [0.25, 0.3) is 6.71 Å². The van der Waals surface area contributed by atoms with E-state index in [4.69, 9.17) is 9.47 Å². The average molecular weight is 699 g/mol. The van der Waals surface area contributed by atoms with Crippen LogP contribution in [0.1, 0.15) is 109 Å². The molecule has 53 heavy (non-hydrogen) atoms. The van der Waals surface area contributed by atoms with E-state index in [0.717, 1.165) is 22.9 Å². The maximum absolute atomic E-state index is 6.12. The number of hydrogen-bond acceptors (Lipinski definition) is 4. The zero-order valence-electron chi connectivity index (χ0n) is 32.9. The molecule has 0 bridgehead atoms. The first-order chi connectivity index (χ1) is 25.1. The van der Waals surface area contributed by atoms with Gasteiger partial charge in [0.2, 0.25) is 6.79 Å². The van der Waals surface area contributed by atoms with Crippen molar-refractivity contribution in [2.75, 3.05) is 16.6 Å². The zero-order chi connectivity index (χ0) is 36.8. The van der Waals surface area contributed by atoms with Gasteiger partial charge >= 0.3 is 0 Å². The molecule has 5 aliphatic rings. The monoisotopic (exact) mass is 698 g/mol. The summed E-state index contributed by atoms with van der Waals surface area (Å²) in [7, 11) is 0. The number of anilines is 6. The molecule has 3 aliphatic heterocycles. The Morgan fingerprint density at radius 1 is 0.491 bits per heavy atom. The van der Waals surface area contributed by atoms with Gasteiger partial charge in [0.1, 0.15) is 0 Å². The molecule has 0 saturated heterocycles. The average Bonchev–Trinajstić information content (AvgIpc) is 3.58. The minimum atomic E-state index is 0.0236. The molecule has 0 saturated carbocycles. The van der Waals surface area contributed by atoms with Gasteiger partial charge in [-0.25, -0.2) is 0 Å². The van der Waals surface area contributed by atoms with E-state index in [1.807, 2.05) is 0 Å². The molecule has 0 fully saturated rings. The summed E-state index contributed by atoms with van der Waals surface area (Å²) in [4.78, 5) is 5.10. The van der Waals surface area contributed by atoms with E-state index < -0.39 is 0 Å². The normalized spacial score (nSPS) is 20.2. The quantitative estimate of drug-likeness (QED) is 0.168. The van der Waals surface area contributed by atoms with Gasteiger partial charge in [0.15, 0.2) is 11.5 Å². The number of nitrogens with zero attached hydrogens (tertiary/aromatic N) is 2. The van der Waals surface area contributed by atoms with E-state index in [0.29, 0.717) is 0 Å². The highest BCUT2D eigenvalue weighted by Gasteiger charge is 2.47. The van der Waals surface area contributed by atoms with Crippen LogP contribution in [0.4, 0.5) is 34.1 Å². The maximum Gasteiger partial charge on any atom is 0.252 e. The third-order valence-electron chi connectivity index (χ3n) is 13.8. The molecule has 4 nitrogen and oxygen atoms in total. The van der Waals surface area contributed by atoms with E-state index in [9.17, 15) is 0 Å². The molecule has 0 spiro atoms. The Morgan fingerprint density at radius 2 is 1.00 bits per heavy atom. The molecule has 3 heterocycles. The van der Waals surface area contributed by atoms with Crippen molar-refractivity contribution in [1.82, 2.24) is 0 Å². The highest BCUT2D eigenvalue weighted by molar-refractivity contribution is 7.00. The van der Waals surface area contributed by atoms with Crippen LogP contribution in [-0.4, -0.2) is 13.5 Å². The van der Waals surface area contributed by atoms with Crippen LogP contribution in [0.3, 0.4) is 0 Å². The Kier molecular flexibility index (Phi) is 6.68. The molecule has 0 amide bonds. The molecule has 268 valence electrons. The molecule has 5 aromatic rings. The van der Waals surface area contributed by atoms with E-state index >= 15 is 0 Å². The van der Waals surface area contributed by atoms with Crippen molar-refractivity contribution in [3.8, 4) is 11.5 Å². The minimum absolute atomic E-state index is 0.0236. The SMILES string of the molecule is Cc1cc2c3c(c1)N(c1ccc4c(c1)C(C)(C)CCC4(C)C)c1cc4c(cc1B3c1cc3c(cc1N2c1ccccc1)OCO3)C(C)(C)CCC4(C)C. The van der Waals surface area contributed by atoms with Crippen molar-refractivity contribution in [3.05, 3.63) is 113 Å². The van der Waals surface area contributed by atoms with Crippen LogP contribution in [0.25, 0.3) is 0 Å². The fourth-order valence-corrected chi connectivity index (χ4v) is 10.4. The molecule has 0 N–H and O–H groups in total. The first kappa shape index (κ1) is 33.0. The van der Waals surface area contributed by atoms with E-state index in [1.165, 1.54) is 92.6 Å². The lowest BCUT2D eigenvalue weighted by molar-refractivity contribution is 0.174. The van der Waals surface area contributed by atoms with Crippen LogP contribution in [0, 0.1) is 6.92 Å². The molecule has 0 unspecified atom stereocenters. The highest BCUT2D eigenvalue weighted by Crippen LogP contribution is 2.53. The second-order valence-corrected chi connectivity index (χ2v) is 19.1. The Balaban J connectivity index is 1.32. The van der Waals surface area contributed by atoms with Crippen LogP contribution >= 0.6 is 0 Å². The van der Waals surface area contributed by atoms with E-state index in [2.05, 4.69) is 157 Å². The molecule has 0 radical (unpaired) electrons. The standard InChI is InChI=1S/C48H51BN2O2/c1-29-21-40-44-41(22-29)51(31-15-16-32-33(23-31)46(4,5)18-17-45(32,2)3)38-25-35-34(47(6,7)19-20-48(35,8)9)24-36(38)49(44)37-26-42-43(53-28-52-42)27-39(37)50(40)30-13-11-10-12-14-30/h10-16,21-27H,17-20,28H2,1-9H3. The van der Waals surface area contributed by atoms with Crippen LogP contribution < -0.4 is 35.7 Å². The first-order valence-corrected chi connectivity index (χ1v) is 19.7. The minimum Gasteiger partial charge on any atom is -0.454 e. The van der Waals surface area contributed by atoms with Crippen molar-refractivity contribution in [2.45, 2.75) is 110 Å². The van der Waals surface area contributed by atoms with E-state index in [1.54, 1.807) is 0 Å². The predicted molar refractivity (Wildman–Crippen MR) is 222 cm³/mol. The summed E-state index contributed by atoms with van der Waals surface area (Å²) in [5.74, 6) is 1.64. The summed E-state index contributed by atoms with van der Waals surface area (Å²) < 4.78 is 12.2. The van der Waals surface area contributed by atoms with Crippen LogP contribution in [0.2, 0.25) is 0 Å². The molecule has 2 aliphatic carbocycles. The topological polar surface area (TPSA) is 24.9 Å². The molecule has 0 aromatic heterocycles. The fraction of sp³-hybridized carbons (Fsp3) is 0.375. The summed E-state index contributed by atoms with van der Waals surface area (Å²) >= 11 is 0. The van der Waals surface area contributed by atoms with Gasteiger partial charge in [0, 0.05) is 40.2 Å². The van der Waals surface area contributed by atoms with Crippen molar-refractivity contribution >= 4 is 57.2 Å². The number of para-hydroxylation sites is 1. The Morgan fingerprint density at radius 3 is 1.64 bits per heavy atom. The van der Waals surface area contributed by atoms with Crippen molar-refractivity contribution in [3.63, 3.8) is 0 Å². The van der Waals surface area contributed by atoms with Crippen LogP contribution in [-0.2, 0) is 21.7 Å². The van der Waals surface area contributed by atoms with Gasteiger partial charge in [-0.2, -0.15) is 0 Å². The lowest BCUT2D eigenvalue weighted by Crippen LogP contribution is -2.61. The molecule has 5 heteroatoms. The van der Waals surface area contributed by atoms with Crippen LogP contribution in [0.15, 0.2) is 84.9 Å². The third-order valence-corrected chi connectivity index (χ3v) is 13.8. The second-order valence-electron chi connectivity index (χ2n) is 19.1. The number of fused-ring (bicyclic) bond motifs is 7. The Bertz CT molecular complexity index is 2370. The molecule has 10 rings (SSSR count). The Hall–Kier alpha value is -4.64. The summed E-state index contributed by atoms with van der Waals surface area (Å²) in [6.07, 6.45) is 4.74. The molecular weight excluding hydrogens is 647 g/mol. The summed E-state index contributed by atoms with van der Waals surface area (Å²) in [6, 6.07) is 32.8. The molecule has 0 atom stereocenters. The lowest BCUT2D eigenvalue weighted by Gasteiger charge is -2.48.